The van der Waals surface area contributed by atoms with Crippen molar-refractivity contribution in [3.8, 4) is 5.75 Å². The van der Waals surface area contributed by atoms with Gasteiger partial charge < -0.3 is 20.1 Å². The van der Waals surface area contributed by atoms with Crippen molar-refractivity contribution < 1.29 is 23.1 Å². The Kier molecular flexibility index (Phi) is 8.42. The molecular weight excluding hydrogens is 442 g/mol. The molecule has 2 amide bonds. The number of aliphatic hydroxyl groups excluding tert-OH is 1. The van der Waals surface area contributed by atoms with Gasteiger partial charge in [0.05, 0.1) is 13.2 Å². The molecule has 184 valence electrons. The van der Waals surface area contributed by atoms with E-state index in [0.29, 0.717) is 18.8 Å². The predicted molar refractivity (Wildman–Crippen MR) is 129 cm³/mol. The van der Waals surface area contributed by atoms with Crippen LogP contribution in [0.25, 0.3) is 5.57 Å². The molecule has 0 fully saturated rings. The summed E-state index contributed by atoms with van der Waals surface area (Å²) in [6, 6.07) is 4.50. The van der Waals surface area contributed by atoms with Crippen molar-refractivity contribution in [3.05, 3.63) is 29.8 Å². The van der Waals surface area contributed by atoms with Crippen LogP contribution in [0.4, 0.5) is 4.79 Å². The maximum Gasteiger partial charge on any atom is 0.317 e. The van der Waals surface area contributed by atoms with E-state index in [1.807, 2.05) is 26.0 Å². The van der Waals surface area contributed by atoms with Crippen molar-refractivity contribution >= 4 is 21.6 Å². The third-order valence-corrected chi connectivity index (χ3v) is 8.43. The van der Waals surface area contributed by atoms with Crippen LogP contribution in [0.1, 0.15) is 52.0 Å². The van der Waals surface area contributed by atoms with Crippen LogP contribution < -0.4 is 10.1 Å². The highest BCUT2D eigenvalue weighted by atomic mass is 32.2. The first-order valence-electron chi connectivity index (χ1n) is 11.8. The lowest BCUT2D eigenvalue weighted by molar-refractivity contribution is 0.0812. The summed E-state index contributed by atoms with van der Waals surface area (Å²) in [5, 5.41) is 12.6. The van der Waals surface area contributed by atoms with Crippen LogP contribution in [0.15, 0.2) is 29.2 Å². The van der Waals surface area contributed by atoms with Crippen molar-refractivity contribution in [2.45, 2.75) is 63.5 Å². The second-order valence-electron chi connectivity index (χ2n) is 9.14. The van der Waals surface area contributed by atoms with Crippen LogP contribution in [0.3, 0.4) is 0 Å². The summed E-state index contributed by atoms with van der Waals surface area (Å²) in [6.45, 7) is 6.41. The molecule has 0 bridgehead atoms. The summed E-state index contributed by atoms with van der Waals surface area (Å²) in [5.41, 5.74) is 2.16. The lowest BCUT2D eigenvalue weighted by Crippen LogP contribution is -2.51. The summed E-state index contributed by atoms with van der Waals surface area (Å²) in [5.74, 6) is 0.0899. The molecule has 1 aromatic rings. The van der Waals surface area contributed by atoms with Crippen molar-refractivity contribution in [2.24, 2.45) is 5.92 Å². The molecule has 0 aromatic heterocycles. The number of nitrogens with zero attached hydrogens (tertiary/aromatic N) is 2. The van der Waals surface area contributed by atoms with Gasteiger partial charge in [-0.15, -0.1) is 0 Å². The smallest absolute Gasteiger partial charge is 0.317 e. The number of nitrogens with one attached hydrogen (secondary N) is 1. The minimum absolute atomic E-state index is 0.0973. The molecule has 0 spiro atoms. The first-order chi connectivity index (χ1) is 15.7. The molecule has 2 aliphatic rings. The Morgan fingerprint density at radius 3 is 2.79 bits per heavy atom. The molecule has 8 nitrogen and oxygen atoms in total. The number of carbonyl (C=O) groups is 1. The van der Waals surface area contributed by atoms with Gasteiger partial charge in [0.15, 0.2) is 0 Å². The maximum absolute atomic E-state index is 13.6. The van der Waals surface area contributed by atoms with Gasteiger partial charge in [0.1, 0.15) is 16.7 Å². The van der Waals surface area contributed by atoms with Crippen LogP contribution in [-0.4, -0.2) is 74.2 Å². The highest BCUT2D eigenvalue weighted by Crippen LogP contribution is 2.37. The number of ether oxygens (including phenoxy) is 1. The van der Waals surface area contributed by atoms with E-state index in [-0.39, 0.29) is 30.0 Å². The zero-order chi connectivity index (χ0) is 24.2. The van der Waals surface area contributed by atoms with Gasteiger partial charge in [-0.25, -0.2) is 13.2 Å². The van der Waals surface area contributed by atoms with E-state index in [2.05, 4.69) is 11.4 Å². The minimum atomic E-state index is -3.87. The number of rotatable bonds is 7. The number of hydrogen-bond donors (Lipinski definition) is 2. The Morgan fingerprint density at radius 2 is 2.15 bits per heavy atom. The Balaban J connectivity index is 2.00. The molecule has 1 aromatic carbocycles. The van der Waals surface area contributed by atoms with Crippen molar-refractivity contribution in [2.75, 3.05) is 33.3 Å². The summed E-state index contributed by atoms with van der Waals surface area (Å²) < 4.78 is 34.8. The fraction of sp³-hybridized carbons (Fsp3) is 0.625. The molecule has 3 rings (SSSR count). The standard InChI is InChI=1S/C24H37N3O5S/c1-5-12-25-24(29)26(4)15-22-17(2)14-27(18(3)16-28)33(30,31)23-11-10-20(13-21(23)32-22)19-8-6-7-9-19/h8,10-11,13,17-18,22,28H,5-7,9,12,14-16H2,1-4H3,(H,25,29)/t17-,18+,22+/m1/s1. The monoisotopic (exact) mass is 479 g/mol. The largest absolute Gasteiger partial charge is 0.487 e. The SMILES string of the molecule is CCCNC(=O)N(C)C[C@@H]1Oc2cc(C3=CCCC3)ccc2S(=O)(=O)N([C@@H](C)CO)C[C@H]1C. The summed E-state index contributed by atoms with van der Waals surface area (Å²) in [7, 11) is -2.16. The molecule has 33 heavy (non-hydrogen) atoms. The number of likely N-dealkylation sites (N-methyl/N-ethyl adjacent to an activating group) is 1. The fourth-order valence-electron chi connectivity index (χ4n) is 4.30. The second-order valence-corrected chi connectivity index (χ2v) is 11.0. The van der Waals surface area contributed by atoms with Crippen LogP contribution in [-0.2, 0) is 10.0 Å². The second kappa shape index (κ2) is 10.9. The number of urea groups is 1. The number of amides is 2. The Hall–Kier alpha value is -2.10. The molecule has 1 aliphatic heterocycles. The minimum Gasteiger partial charge on any atom is -0.487 e. The predicted octanol–water partition coefficient (Wildman–Crippen LogP) is 3.07. The molecule has 2 N–H and O–H groups in total. The van der Waals surface area contributed by atoms with E-state index in [0.717, 1.165) is 31.2 Å². The molecular formula is C24H37N3O5S. The highest BCUT2D eigenvalue weighted by molar-refractivity contribution is 7.89. The molecule has 0 radical (unpaired) electrons. The Morgan fingerprint density at radius 1 is 1.39 bits per heavy atom. The van der Waals surface area contributed by atoms with Crippen LogP contribution >= 0.6 is 0 Å². The zero-order valence-electron chi connectivity index (χ0n) is 20.1. The Bertz CT molecular complexity index is 978. The average Bonchev–Trinajstić information content (AvgIpc) is 3.33. The zero-order valence-corrected chi connectivity index (χ0v) is 20.9. The Labute approximate surface area is 197 Å². The van der Waals surface area contributed by atoms with Crippen LogP contribution in [0.2, 0.25) is 0 Å². The van der Waals surface area contributed by atoms with Gasteiger partial charge >= 0.3 is 6.03 Å². The number of fused-ring (bicyclic) bond motifs is 1. The van der Waals surface area contributed by atoms with Crippen molar-refractivity contribution in [1.29, 1.82) is 0 Å². The van der Waals surface area contributed by atoms with Gasteiger partial charge in [-0.3, -0.25) is 0 Å². The van der Waals surface area contributed by atoms with E-state index >= 15 is 0 Å². The normalized spacial score (nSPS) is 23.5. The van der Waals surface area contributed by atoms with E-state index < -0.39 is 22.2 Å². The molecule has 0 unspecified atom stereocenters. The van der Waals surface area contributed by atoms with E-state index in [9.17, 15) is 18.3 Å². The summed E-state index contributed by atoms with van der Waals surface area (Å²) in [4.78, 5) is 14.1. The topological polar surface area (TPSA) is 99.2 Å². The molecule has 1 aliphatic carbocycles. The molecule has 0 saturated carbocycles. The van der Waals surface area contributed by atoms with Gasteiger partial charge in [-0.1, -0.05) is 26.0 Å². The number of allylic oxidation sites excluding steroid dienone is 2. The third kappa shape index (κ3) is 5.70. The molecule has 0 saturated heterocycles. The molecule has 3 atom stereocenters. The van der Waals surface area contributed by atoms with Gasteiger partial charge in [-0.2, -0.15) is 4.31 Å². The maximum atomic E-state index is 13.6. The fourth-order valence-corrected chi connectivity index (χ4v) is 6.12. The van der Waals surface area contributed by atoms with E-state index in [4.69, 9.17) is 4.74 Å². The number of carbonyl (C=O) groups excluding carboxylic acids is 1. The van der Waals surface area contributed by atoms with Gasteiger partial charge in [0, 0.05) is 32.1 Å². The van der Waals surface area contributed by atoms with Crippen LogP contribution in [0, 0.1) is 5.92 Å². The first kappa shape index (κ1) is 25.5. The van der Waals surface area contributed by atoms with Crippen LogP contribution in [0.5, 0.6) is 5.75 Å². The lowest BCUT2D eigenvalue weighted by atomic mass is 10.0. The number of sulfonamides is 1. The van der Waals surface area contributed by atoms with E-state index in [1.54, 1.807) is 24.9 Å². The number of hydrogen-bond acceptors (Lipinski definition) is 5. The molecule has 1 heterocycles. The average molecular weight is 480 g/mol. The van der Waals surface area contributed by atoms with Gasteiger partial charge in [-0.05, 0) is 55.9 Å². The van der Waals surface area contributed by atoms with Crippen molar-refractivity contribution in [3.63, 3.8) is 0 Å². The van der Waals surface area contributed by atoms with E-state index in [1.165, 1.54) is 9.88 Å². The third-order valence-electron chi connectivity index (χ3n) is 6.41. The quantitative estimate of drug-likeness (QED) is 0.626. The number of benzene rings is 1. The highest BCUT2D eigenvalue weighted by Gasteiger charge is 2.38. The first-order valence-corrected chi connectivity index (χ1v) is 13.2. The number of aliphatic hydroxyl groups is 1. The summed E-state index contributed by atoms with van der Waals surface area (Å²) >= 11 is 0. The lowest BCUT2D eigenvalue weighted by Gasteiger charge is -2.37. The van der Waals surface area contributed by atoms with Crippen molar-refractivity contribution in [1.82, 2.24) is 14.5 Å². The summed E-state index contributed by atoms with van der Waals surface area (Å²) in [6.07, 6.45) is 5.67. The van der Waals surface area contributed by atoms with Gasteiger partial charge in [0.25, 0.3) is 0 Å². The molecule has 9 heteroatoms. The van der Waals surface area contributed by atoms with Gasteiger partial charge in [0.2, 0.25) is 10.0 Å².